The number of amides is 1. The summed E-state index contributed by atoms with van der Waals surface area (Å²) in [5.74, 6) is -0.0785. The van der Waals surface area contributed by atoms with Crippen LogP contribution < -0.4 is 10.2 Å². The van der Waals surface area contributed by atoms with Crippen LogP contribution in [0, 0.1) is 5.82 Å². The largest absolute Gasteiger partial charge is 0.395 e. The zero-order valence-corrected chi connectivity index (χ0v) is 17.9. The molecule has 2 rings (SSSR count). The van der Waals surface area contributed by atoms with E-state index < -0.39 is 11.9 Å². The highest BCUT2D eigenvalue weighted by Crippen LogP contribution is 2.30. The van der Waals surface area contributed by atoms with E-state index in [0.717, 1.165) is 0 Å². The number of rotatable bonds is 7. The SMILES string of the molecule is C=CC.CC(c1nonc1NCCO)N(C=O)c1ccc(F)c(Br)c1.COC. The molecule has 0 bridgehead atoms. The number of benzene rings is 1. The van der Waals surface area contributed by atoms with Crippen molar-refractivity contribution in [3.8, 4) is 0 Å². The zero-order chi connectivity index (χ0) is 21.5. The Hall–Kier alpha value is -2.30. The van der Waals surface area contributed by atoms with Crippen LogP contribution in [0.1, 0.15) is 25.6 Å². The van der Waals surface area contributed by atoms with E-state index in [-0.39, 0.29) is 17.6 Å². The number of aliphatic hydroxyl groups is 1. The number of methoxy groups -OCH3 is 1. The normalized spacial score (nSPS) is 10.5. The van der Waals surface area contributed by atoms with Gasteiger partial charge < -0.3 is 20.1 Å². The molecule has 156 valence electrons. The van der Waals surface area contributed by atoms with Crippen LogP contribution in [0.3, 0.4) is 0 Å². The lowest BCUT2D eigenvalue weighted by Gasteiger charge is -2.24. The van der Waals surface area contributed by atoms with Crippen molar-refractivity contribution in [3.05, 3.63) is 46.8 Å². The first kappa shape index (κ1) is 25.7. The molecule has 10 heteroatoms. The zero-order valence-electron chi connectivity index (χ0n) is 16.4. The second kappa shape index (κ2) is 14.7. The van der Waals surface area contributed by atoms with Gasteiger partial charge in [-0.05, 0) is 53.1 Å². The van der Waals surface area contributed by atoms with Crippen molar-refractivity contribution in [2.24, 2.45) is 0 Å². The number of carbonyl (C=O) groups is 1. The molecule has 1 atom stereocenters. The van der Waals surface area contributed by atoms with Crippen molar-refractivity contribution in [1.82, 2.24) is 10.3 Å². The fourth-order valence-corrected chi connectivity index (χ4v) is 2.29. The Bertz CT molecular complexity index is 715. The number of nitrogens with zero attached hydrogens (tertiary/aromatic N) is 3. The van der Waals surface area contributed by atoms with Crippen molar-refractivity contribution >= 4 is 33.8 Å². The summed E-state index contributed by atoms with van der Waals surface area (Å²) >= 11 is 3.09. The highest BCUT2D eigenvalue weighted by atomic mass is 79.9. The van der Waals surface area contributed by atoms with Gasteiger partial charge in [0.05, 0.1) is 17.1 Å². The minimum Gasteiger partial charge on any atom is -0.395 e. The van der Waals surface area contributed by atoms with E-state index in [4.69, 9.17) is 5.11 Å². The van der Waals surface area contributed by atoms with Crippen molar-refractivity contribution in [2.45, 2.75) is 19.9 Å². The Kier molecular flexibility index (Phi) is 13.5. The molecule has 0 spiro atoms. The van der Waals surface area contributed by atoms with Gasteiger partial charge in [0.15, 0.2) is 11.5 Å². The van der Waals surface area contributed by atoms with Crippen LogP contribution in [0.2, 0.25) is 0 Å². The molecule has 0 aliphatic rings. The average Bonchev–Trinajstić information content (AvgIpc) is 3.13. The standard InChI is InChI=1S/C13H14BrFN4O3.C3H6.C2H6O/c1-8(12-13(16-4-5-20)18-22-17-12)19(7-21)9-2-3-11(15)10(14)6-9;2*1-3-2/h2-3,6-8,20H,4-5H2,1H3,(H,16,18);3H,1H2,2H3;1-2H3. The summed E-state index contributed by atoms with van der Waals surface area (Å²) in [5, 5.41) is 19.2. The minimum absolute atomic E-state index is 0.0804. The summed E-state index contributed by atoms with van der Waals surface area (Å²) in [5.41, 5.74) is 0.896. The highest BCUT2D eigenvalue weighted by Gasteiger charge is 2.24. The molecule has 1 unspecified atom stereocenters. The summed E-state index contributed by atoms with van der Waals surface area (Å²) in [4.78, 5) is 12.8. The number of ether oxygens (including phenoxy) is 1. The van der Waals surface area contributed by atoms with Crippen molar-refractivity contribution in [2.75, 3.05) is 37.6 Å². The molecule has 28 heavy (non-hydrogen) atoms. The Morgan fingerprint density at radius 2 is 2.07 bits per heavy atom. The smallest absolute Gasteiger partial charge is 0.214 e. The summed E-state index contributed by atoms with van der Waals surface area (Å²) in [6.45, 7) is 7.18. The number of anilines is 2. The summed E-state index contributed by atoms with van der Waals surface area (Å²) in [7, 11) is 3.25. The van der Waals surface area contributed by atoms with Crippen LogP contribution >= 0.6 is 15.9 Å². The third kappa shape index (κ3) is 8.15. The van der Waals surface area contributed by atoms with E-state index in [1.165, 1.54) is 23.1 Å². The lowest BCUT2D eigenvalue weighted by molar-refractivity contribution is -0.107. The quantitative estimate of drug-likeness (QED) is 0.481. The summed E-state index contributed by atoms with van der Waals surface area (Å²) < 4.78 is 22.5. The van der Waals surface area contributed by atoms with E-state index in [2.05, 4.69) is 47.5 Å². The van der Waals surface area contributed by atoms with E-state index >= 15 is 0 Å². The van der Waals surface area contributed by atoms with Gasteiger partial charge in [0, 0.05) is 26.5 Å². The van der Waals surface area contributed by atoms with E-state index in [0.29, 0.717) is 23.6 Å². The number of halogens is 2. The maximum absolute atomic E-state index is 13.3. The van der Waals surface area contributed by atoms with Gasteiger partial charge in [-0.1, -0.05) is 11.2 Å². The maximum Gasteiger partial charge on any atom is 0.214 e. The topological polar surface area (TPSA) is 101 Å². The van der Waals surface area contributed by atoms with Crippen LogP contribution in [0.25, 0.3) is 0 Å². The summed E-state index contributed by atoms with van der Waals surface area (Å²) in [6.07, 6.45) is 2.37. The van der Waals surface area contributed by atoms with Crippen LogP contribution in [0.15, 0.2) is 40.0 Å². The molecule has 0 aliphatic carbocycles. The predicted octanol–water partition coefficient (Wildman–Crippen LogP) is 3.55. The Morgan fingerprint density at radius 3 is 2.57 bits per heavy atom. The van der Waals surface area contributed by atoms with Crippen molar-refractivity contribution < 1.29 is 23.7 Å². The molecular formula is C18H26BrFN4O4. The molecule has 1 heterocycles. The number of carbonyl (C=O) groups excluding carboxylic acids is 1. The number of hydrogen-bond acceptors (Lipinski definition) is 7. The molecule has 0 saturated carbocycles. The molecule has 1 aromatic heterocycles. The third-order valence-corrected chi connectivity index (χ3v) is 3.65. The first-order chi connectivity index (χ1) is 13.4. The van der Waals surface area contributed by atoms with Crippen LogP contribution in [-0.2, 0) is 9.53 Å². The van der Waals surface area contributed by atoms with Gasteiger partial charge in [0.1, 0.15) is 5.82 Å². The molecular weight excluding hydrogens is 435 g/mol. The number of allylic oxidation sites excluding steroid dienone is 1. The lowest BCUT2D eigenvalue weighted by atomic mass is 10.2. The Morgan fingerprint density at radius 1 is 1.46 bits per heavy atom. The molecule has 1 aromatic carbocycles. The molecule has 2 aromatic rings. The Labute approximate surface area is 172 Å². The number of nitrogens with one attached hydrogen (secondary N) is 1. The first-order valence-electron chi connectivity index (χ1n) is 8.24. The Balaban J connectivity index is 0.00000108. The van der Waals surface area contributed by atoms with Gasteiger partial charge in [-0.25, -0.2) is 9.02 Å². The third-order valence-electron chi connectivity index (χ3n) is 3.05. The van der Waals surface area contributed by atoms with Gasteiger partial charge in [0.25, 0.3) is 0 Å². The number of aromatic nitrogens is 2. The van der Waals surface area contributed by atoms with Crippen molar-refractivity contribution in [3.63, 3.8) is 0 Å². The maximum atomic E-state index is 13.3. The second-order valence-corrected chi connectivity index (χ2v) is 6.11. The highest BCUT2D eigenvalue weighted by molar-refractivity contribution is 9.10. The molecule has 0 fully saturated rings. The lowest BCUT2D eigenvalue weighted by Crippen LogP contribution is -2.26. The minimum atomic E-state index is -0.498. The van der Waals surface area contributed by atoms with Crippen molar-refractivity contribution in [1.29, 1.82) is 0 Å². The fraction of sp³-hybridized carbons (Fsp3) is 0.389. The molecule has 0 radical (unpaired) electrons. The second-order valence-electron chi connectivity index (χ2n) is 5.25. The van der Waals surface area contributed by atoms with E-state index in [1.54, 1.807) is 27.2 Å². The van der Waals surface area contributed by atoms with E-state index in [9.17, 15) is 9.18 Å². The first-order valence-corrected chi connectivity index (χ1v) is 9.03. The molecule has 8 nitrogen and oxygen atoms in total. The van der Waals surface area contributed by atoms with Crippen LogP contribution in [-0.4, -0.2) is 49.2 Å². The van der Waals surface area contributed by atoms with Gasteiger partial charge in [-0.2, -0.15) is 0 Å². The van der Waals surface area contributed by atoms with Crippen LogP contribution in [0.4, 0.5) is 15.9 Å². The average molecular weight is 461 g/mol. The van der Waals surface area contributed by atoms with Crippen LogP contribution in [0.5, 0.6) is 0 Å². The fourth-order valence-electron chi connectivity index (χ4n) is 1.92. The summed E-state index contributed by atoms with van der Waals surface area (Å²) in [6, 6.07) is 3.74. The molecule has 0 aliphatic heterocycles. The van der Waals surface area contributed by atoms with Gasteiger partial charge in [0.2, 0.25) is 6.41 Å². The molecule has 1 amide bonds. The molecule has 0 saturated heterocycles. The molecule has 2 N–H and O–H groups in total. The number of hydrogen-bond donors (Lipinski definition) is 2. The predicted molar refractivity (Wildman–Crippen MR) is 110 cm³/mol. The number of aliphatic hydroxyl groups excluding tert-OH is 1. The van der Waals surface area contributed by atoms with Gasteiger partial charge >= 0.3 is 0 Å². The monoisotopic (exact) mass is 460 g/mol. The van der Waals surface area contributed by atoms with Gasteiger partial charge in [-0.3, -0.25) is 4.79 Å². The van der Waals surface area contributed by atoms with Gasteiger partial charge in [-0.15, -0.1) is 6.58 Å². The van der Waals surface area contributed by atoms with E-state index in [1.807, 2.05) is 6.92 Å².